The number of carbonyl (C=O) groups is 1. The van der Waals surface area contributed by atoms with Crippen molar-refractivity contribution in [2.45, 2.75) is 23.7 Å². The first-order chi connectivity index (χ1) is 8.58. The molecule has 1 unspecified atom stereocenters. The number of aliphatic carboxylic acids is 1. The second-order valence-electron chi connectivity index (χ2n) is 4.97. The van der Waals surface area contributed by atoms with E-state index in [0.29, 0.717) is 6.54 Å². The molecular weight excluding hydrogens is 246 g/mol. The van der Waals surface area contributed by atoms with Crippen LogP contribution in [0.2, 0.25) is 0 Å². The topological polar surface area (TPSA) is 40.5 Å². The van der Waals surface area contributed by atoms with Gasteiger partial charge in [0.05, 0.1) is 5.92 Å². The maximum atomic E-state index is 11.4. The Balaban J connectivity index is 2.27. The van der Waals surface area contributed by atoms with Gasteiger partial charge < -0.3 is 10.0 Å². The Morgan fingerprint density at radius 1 is 1.50 bits per heavy atom. The molecule has 3 nitrogen and oxygen atoms in total. The zero-order chi connectivity index (χ0) is 13.1. The van der Waals surface area contributed by atoms with Gasteiger partial charge in [0.15, 0.2) is 0 Å². The molecule has 98 valence electrons. The number of carboxylic acid groups (broad SMARTS) is 1. The second-order valence-corrected chi connectivity index (χ2v) is 6.11. The molecule has 18 heavy (non-hydrogen) atoms. The Bertz CT molecular complexity index is 445. The van der Waals surface area contributed by atoms with E-state index in [4.69, 9.17) is 0 Å². The van der Waals surface area contributed by atoms with E-state index in [9.17, 15) is 9.90 Å². The van der Waals surface area contributed by atoms with Gasteiger partial charge >= 0.3 is 5.97 Å². The molecule has 1 atom stereocenters. The van der Waals surface area contributed by atoms with Crippen LogP contribution in [0, 0.1) is 0 Å². The first-order valence-electron chi connectivity index (χ1n) is 6.21. The SMILES string of the molecule is CN(C)CC(C(=O)O)c1ccc2c(c1)CCCS2. The number of benzene rings is 1. The van der Waals surface area contributed by atoms with Gasteiger partial charge in [-0.1, -0.05) is 12.1 Å². The van der Waals surface area contributed by atoms with E-state index in [1.165, 1.54) is 22.6 Å². The predicted octanol–water partition coefficient (Wildman–Crippen LogP) is 2.45. The maximum absolute atomic E-state index is 11.4. The summed E-state index contributed by atoms with van der Waals surface area (Å²) >= 11 is 1.87. The van der Waals surface area contributed by atoms with Crippen LogP contribution >= 0.6 is 11.8 Å². The van der Waals surface area contributed by atoms with E-state index < -0.39 is 11.9 Å². The van der Waals surface area contributed by atoms with Crippen molar-refractivity contribution in [3.05, 3.63) is 29.3 Å². The molecule has 0 fully saturated rings. The third kappa shape index (κ3) is 3.06. The van der Waals surface area contributed by atoms with E-state index in [0.717, 1.165) is 12.0 Å². The first-order valence-corrected chi connectivity index (χ1v) is 7.19. The van der Waals surface area contributed by atoms with Gasteiger partial charge in [-0.25, -0.2) is 0 Å². The summed E-state index contributed by atoms with van der Waals surface area (Å²) in [4.78, 5) is 14.6. The van der Waals surface area contributed by atoms with E-state index in [1.807, 2.05) is 36.8 Å². The van der Waals surface area contributed by atoms with Crippen LogP contribution < -0.4 is 0 Å². The highest BCUT2D eigenvalue weighted by Crippen LogP contribution is 2.32. The van der Waals surface area contributed by atoms with E-state index >= 15 is 0 Å². The van der Waals surface area contributed by atoms with Crippen molar-refractivity contribution >= 4 is 17.7 Å². The highest BCUT2D eigenvalue weighted by molar-refractivity contribution is 7.99. The van der Waals surface area contributed by atoms with Crippen molar-refractivity contribution in [1.29, 1.82) is 0 Å². The van der Waals surface area contributed by atoms with Crippen LogP contribution in [0.1, 0.15) is 23.5 Å². The summed E-state index contributed by atoms with van der Waals surface area (Å²) in [6, 6.07) is 6.14. The van der Waals surface area contributed by atoms with Crippen molar-refractivity contribution in [2.75, 3.05) is 26.4 Å². The lowest BCUT2D eigenvalue weighted by molar-refractivity contribution is -0.139. The summed E-state index contributed by atoms with van der Waals surface area (Å²) in [5.74, 6) is -0.00352. The Hall–Kier alpha value is -1.00. The number of likely N-dealkylation sites (N-methyl/N-ethyl adjacent to an activating group) is 1. The van der Waals surface area contributed by atoms with Crippen molar-refractivity contribution < 1.29 is 9.90 Å². The Labute approximate surface area is 112 Å². The molecular formula is C14H19NO2S. The summed E-state index contributed by atoms with van der Waals surface area (Å²) in [6.07, 6.45) is 2.26. The maximum Gasteiger partial charge on any atom is 0.312 e. The molecule has 1 aliphatic rings. The number of thioether (sulfide) groups is 1. The molecule has 1 aliphatic heterocycles. The molecule has 0 aliphatic carbocycles. The van der Waals surface area contributed by atoms with Gasteiger partial charge in [-0.15, -0.1) is 11.8 Å². The third-order valence-electron chi connectivity index (χ3n) is 3.18. The number of aryl methyl sites for hydroxylation is 1. The van der Waals surface area contributed by atoms with Crippen LogP contribution in [0.15, 0.2) is 23.1 Å². The lowest BCUT2D eigenvalue weighted by atomic mass is 9.95. The van der Waals surface area contributed by atoms with Gasteiger partial charge in [-0.05, 0) is 49.9 Å². The van der Waals surface area contributed by atoms with Gasteiger partial charge in [-0.3, -0.25) is 4.79 Å². The molecule has 1 aromatic carbocycles. The average molecular weight is 265 g/mol. The molecule has 4 heteroatoms. The monoisotopic (exact) mass is 265 g/mol. The van der Waals surface area contributed by atoms with Gasteiger partial charge in [0.25, 0.3) is 0 Å². The molecule has 1 N–H and O–H groups in total. The lowest BCUT2D eigenvalue weighted by Crippen LogP contribution is -2.26. The van der Waals surface area contributed by atoms with Crippen LogP contribution in [-0.4, -0.2) is 42.4 Å². The van der Waals surface area contributed by atoms with Crippen LogP contribution in [0.3, 0.4) is 0 Å². The minimum atomic E-state index is -0.743. The highest BCUT2D eigenvalue weighted by Gasteiger charge is 2.22. The normalized spacial score (nSPS) is 16.4. The molecule has 1 aromatic rings. The fourth-order valence-corrected chi connectivity index (χ4v) is 3.31. The third-order valence-corrected chi connectivity index (χ3v) is 4.38. The van der Waals surface area contributed by atoms with Gasteiger partial charge in [0.1, 0.15) is 0 Å². The minimum Gasteiger partial charge on any atom is -0.481 e. The molecule has 0 amide bonds. The number of hydrogen-bond acceptors (Lipinski definition) is 3. The van der Waals surface area contributed by atoms with Crippen molar-refractivity contribution in [2.24, 2.45) is 0 Å². The van der Waals surface area contributed by atoms with Crippen molar-refractivity contribution in [3.8, 4) is 0 Å². The summed E-state index contributed by atoms with van der Waals surface area (Å²) in [5.41, 5.74) is 2.24. The smallest absolute Gasteiger partial charge is 0.312 e. The number of fused-ring (bicyclic) bond motifs is 1. The molecule has 0 bridgehead atoms. The Morgan fingerprint density at radius 3 is 2.94 bits per heavy atom. The van der Waals surface area contributed by atoms with Crippen LogP contribution in [0.4, 0.5) is 0 Å². The van der Waals surface area contributed by atoms with Crippen molar-refractivity contribution in [1.82, 2.24) is 4.90 Å². The van der Waals surface area contributed by atoms with E-state index in [-0.39, 0.29) is 0 Å². The number of rotatable bonds is 4. The zero-order valence-electron chi connectivity index (χ0n) is 10.8. The number of carboxylic acids is 1. The molecule has 0 radical (unpaired) electrons. The molecule has 0 spiro atoms. The lowest BCUT2D eigenvalue weighted by Gasteiger charge is -2.21. The van der Waals surface area contributed by atoms with Crippen LogP contribution in [0.5, 0.6) is 0 Å². The predicted molar refractivity (Wildman–Crippen MR) is 74.4 cm³/mol. The summed E-state index contributed by atoms with van der Waals surface area (Å²) < 4.78 is 0. The van der Waals surface area contributed by atoms with E-state index in [2.05, 4.69) is 12.1 Å². The Morgan fingerprint density at radius 2 is 2.28 bits per heavy atom. The molecule has 0 aromatic heterocycles. The highest BCUT2D eigenvalue weighted by atomic mass is 32.2. The molecule has 1 heterocycles. The zero-order valence-corrected chi connectivity index (χ0v) is 11.7. The van der Waals surface area contributed by atoms with Gasteiger partial charge in [0.2, 0.25) is 0 Å². The fourth-order valence-electron chi connectivity index (χ4n) is 2.29. The molecule has 0 saturated heterocycles. The van der Waals surface area contributed by atoms with Gasteiger partial charge in [0, 0.05) is 11.4 Å². The van der Waals surface area contributed by atoms with E-state index in [1.54, 1.807) is 0 Å². The average Bonchev–Trinajstić information content (AvgIpc) is 2.35. The van der Waals surface area contributed by atoms with Crippen molar-refractivity contribution in [3.63, 3.8) is 0 Å². The summed E-state index contributed by atoms with van der Waals surface area (Å²) in [6.45, 7) is 0.543. The number of nitrogens with zero attached hydrogens (tertiary/aromatic N) is 1. The fraction of sp³-hybridized carbons (Fsp3) is 0.500. The quantitative estimate of drug-likeness (QED) is 0.908. The first kappa shape index (κ1) is 13.4. The summed E-state index contributed by atoms with van der Waals surface area (Å²) in [7, 11) is 3.81. The van der Waals surface area contributed by atoms with Crippen LogP contribution in [-0.2, 0) is 11.2 Å². The summed E-state index contributed by atoms with van der Waals surface area (Å²) in [5, 5.41) is 9.35. The minimum absolute atomic E-state index is 0.433. The van der Waals surface area contributed by atoms with Crippen LogP contribution in [0.25, 0.3) is 0 Å². The van der Waals surface area contributed by atoms with Gasteiger partial charge in [-0.2, -0.15) is 0 Å². The Kier molecular flexibility index (Phi) is 4.30. The second kappa shape index (κ2) is 5.76. The number of hydrogen-bond donors (Lipinski definition) is 1. The standard InChI is InChI=1S/C14H19NO2S/c1-15(2)9-12(14(16)17)10-5-6-13-11(8-10)4-3-7-18-13/h5-6,8,12H,3-4,7,9H2,1-2H3,(H,16,17). The largest absolute Gasteiger partial charge is 0.481 e. The molecule has 2 rings (SSSR count). The molecule has 0 saturated carbocycles.